The summed E-state index contributed by atoms with van der Waals surface area (Å²) in [5, 5.41) is 5.71. The Labute approximate surface area is 122 Å². The fraction of sp³-hybridized carbons (Fsp3) is 0.312. The number of carbonyl (C=O) groups excluding carboxylic acids is 1. The third-order valence-electron chi connectivity index (χ3n) is 3.82. The summed E-state index contributed by atoms with van der Waals surface area (Å²) in [6.45, 7) is 1.54. The van der Waals surface area contributed by atoms with Crippen LogP contribution in [0.3, 0.4) is 0 Å². The van der Waals surface area contributed by atoms with E-state index in [1.807, 2.05) is 23.5 Å². The van der Waals surface area contributed by atoms with E-state index in [4.69, 9.17) is 5.73 Å². The summed E-state index contributed by atoms with van der Waals surface area (Å²) >= 11 is 1.84. The van der Waals surface area contributed by atoms with Gasteiger partial charge in [-0.15, -0.1) is 11.3 Å². The maximum absolute atomic E-state index is 11.4. The molecule has 0 bridgehead atoms. The molecule has 20 heavy (non-hydrogen) atoms. The molecule has 0 saturated heterocycles. The van der Waals surface area contributed by atoms with E-state index in [1.54, 1.807) is 6.07 Å². The summed E-state index contributed by atoms with van der Waals surface area (Å²) in [5.41, 5.74) is 9.48. The fourth-order valence-corrected chi connectivity index (χ4v) is 3.80. The van der Waals surface area contributed by atoms with Crippen molar-refractivity contribution in [2.45, 2.75) is 32.2 Å². The highest BCUT2D eigenvalue weighted by Gasteiger charge is 2.21. The zero-order chi connectivity index (χ0) is 14.1. The monoisotopic (exact) mass is 286 g/mol. The highest BCUT2D eigenvalue weighted by atomic mass is 32.1. The summed E-state index contributed by atoms with van der Waals surface area (Å²) in [6, 6.07) is 8.17. The maximum atomic E-state index is 11.4. The van der Waals surface area contributed by atoms with Gasteiger partial charge in [0, 0.05) is 21.8 Å². The number of fused-ring (bicyclic) bond motifs is 1. The number of aryl methyl sites for hydroxylation is 1. The van der Waals surface area contributed by atoms with Crippen LogP contribution in [0.25, 0.3) is 0 Å². The Morgan fingerprint density at radius 3 is 3.00 bits per heavy atom. The quantitative estimate of drug-likeness (QED) is 0.662. The summed E-state index contributed by atoms with van der Waals surface area (Å²) in [5.74, 6) is 0.00633. The molecule has 0 radical (unpaired) electrons. The number of rotatable bonds is 3. The average Bonchev–Trinajstić information content (AvgIpc) is 2.87. The van der Waals surface area contributed by atoms with Crippen molar-refractivity contribution in [3.8, 4) is 0 Å². The minimum Gasteiger partial charge on any atom is -0.398 e. The minimum absolute atomic E-state index is 0.00633. The van der Waals surface area contributed by atoms with Crippen LogP contribution in [0, 0.1) is 0 Å². The Bertz CT molecular complexity index is 648. The van der Waals surface area contributed by atoms with Crippen molar-refractivity contribution in [1.29, 1.82) is 0 Å². The molecular formula is C16H18N2OS. The van der Waals surface area contributed by atoms with E-state index in [9.17, 15) is 4.79 Å². The molecule has 1 atom stereocenters. The molecular weight excluding hydrogens is 268 g/mol. The lowest BCUT2D eigenvalue weighted by molar-refractivity contribution is 0.101. The van der Waals surface area contributed by atoms with Crippen molar-refractivity contribution < 1.29 is 4.79 Å². The number of nitrogens with one attached hydrogen (secondary N) is 1. The molecule has 104 valence electrons. The minimum atomic E-state index is 0.00633. The lowest BCUT2D eigenvalue weighted by Crippen LogP contribution is -2.15. The Hall–Kier alpha value is -1.81. The highest BCUT2D eigenvalue weighted by Crippen LogP contribution is 2.35. The molecule has 1 aliphatic rings. The van der Waals surface area contributed by atoms with Crippen molar-refractivity contribution in [3.05, 3.63) is 45.6 Å². The van der Waals surface area contributed by atoms with Gasteiger partial charge in [-0.1, -0.05) is 0 Å². The van der Waals surface area contributed by atoms with Crippen LogP contribution in [-0.2, 0) is 6.42 Å². The van der Waals surface area contributed by atoms with Gasteiger partial charge >= 0.3 is 0 Å². The molecule has 0 fully saturated rings. The molecule has 1 aliphatic carbocycles. The van der Waals surface area contributed by atoms with E-state index in [2.05, 4.69) is 16.8 Å². The number of hydrogen-bond donors (Lipinski definition) is 2. The topological polar surface area (TPSA) is 55.1 Å². The third-order valence-corrected chi connectivity index (χ3v) is 4.82. The summed E-state index contributed by atoms with van der Waals surface area (Å²) in [4.78, 5) is 12.9. The highest BCUT2D eigenvalue weighted by molar-refractivity contribution is 7.10. The Balaban J connectivity index is 1.83. The number of nitrogen functional groups attached to an aromatic ring is 1. The van der Waals surface area contributed by atoms with Gasteiger partial charge in [-0.2, -0.15) is 0 Å². The van der Waals surface area contributed by atoms with Gasteiger partial charge in [0.1, 0.15) is 0 Å². The van der Waals surface area contributed by atoms with E-state index in [0.717, 1.165) is 12.1 Å². The van der Waals surface area contributed by atoms with E-state index in [0.29, 0.717) is 17.3 Å². The molecule has 3 N–H and O–H groups in total. The lowest BCUT2D eigenvalue weighted by Gasteiger charge is -2.25. The summed E-state index contributed by atoms with van der Waals surface area (Å²) in [6.07, 6.45) is 3.54. The van der Waals surface area contributed by atoms with E-state index in [-0.39, 0.29) is 5.78 Å². The van der Waals surface area contributed by atoms with E-state index >= 15 is 0 Å². The van der Waals surface area contributed by atoms with Gasteiger partial charge in [-0.3, -0.25) is 4.79 Å². The number of anilines is 2. The second-order valence-electron chi connectivity index (χ2n) is 5.25. The van der Waals surface area contributed by atoms with Crippen LogP contribution in [0.5, 0.6) is 0 Å². The van der Waals surface area contributed by atoms with Crippen LogP contribution < -0.4 is 11.1 Å². The number of thiophene rings is 1. The first-order valence-electron chi connectivity index (χ1n) is 6.88. The van der Waals surface area contributed by atoms with Crippen molar-refractivity contribution in [1.82, 2.24) is 0 Å². The van der Waals surface area contributed by atoms with Crippen molar-refractivity contribution >= 4 is 28.5 Å². The van der Waals surface area contributed by atoms with Gasteiger partial charge in [0.25, 0.3) is 0 Å². The zero-order valence-electron chi connectivity index (χ0n) is 11.5. The molecule has 3 rings (SSSR count). The zero-order valence-corrected chi connectivity index (χ0v) is 12.3. The normalized spacial score (nSPS) is 17.6. The van der Waals surface area contributed by atoms with Gasteiger partial charge in [-0.05, 0) is 61.4 Å². The van der Waals surface area contributed by atoms with Crippen LogP contribution >= 0.6 is 11.3 Å². The first-order chi connectivity index (χ1) is 9.65. The average molecular weight is 286 g/mol. The molecule has 3 nitrogen and oxygen atoms in total. The molecule has 0 amide bonds. The number of carbonyl (C=O) groups is 1. The lowest BCUT2D eigenvalue weighted by atomic mass is 9.93. The van der Waals surface area contributed by atoms with Crippen LogP contribution in [0.1, 0.15) is 46.6 Å². The summed E-state index contributed by atoms with van der Waals surface area (Å²) < 4.78 is 0. The van der Waals surface area contributed by atoms with Crippen molar-refractivity contribution in [2.24, 2.45) is 0 Å². The van der Waals surface area contributed by atoms with Gasteiger partial charge in [-0.25, -0.2) is 0 Å². The van der Waals surface area contributed by atoms with E-state index in [1.165, 1.54) is 30.2 Å². The SMILES string of the molecule is CC(=O)c1ccc(NC2CCCc3sccc32)cc1N. The molecule has 4 heteroatoms. The van der Waals surface area contributed by atoms with Gasteiger partial charge < -0.3 is 11.1 Å². The van der Waals surface area contributed by atoms with Crippen LogP contribution in [0.2, 0.25) is 0 Å². The first kappa shape index (κ1) is 13.2. The van der Waals surface area contributed by atoms with Gasteiger partial charge in [0.15, 0.2) is 5.78 Å². The van der Waals surface area contributed by atoms with Gasteiger partial charge in [0.2, 0.25) is 0 Å². The molecule has 2 aromatic rings. The summed E-state index contributed by atoms with van der Waals surface area (Å²) in [7, 11) is 0. The largest absolute Gasteiger partial charge is 0.398 e. The predicted octanol–water partition coefficient (Wildman–Crippen LogP) is 4.02. The molecule has 1 aromatic carbocycles. The van der Waals surface area contributed by atoms with Crippen LogP contribution in [0.4, 0.5) is 11.4 Å². The van der Waals surface area contributed by atoms with Crippen LogP contribution in [0.15, 0.2) is 29.6 Å². The Kier molecular flexibility index (Phi) is 3.49. The van der Waals surface area contributed by atoms with E-state index < -0.39 is 0 Å². The standard InChI is InChI=1S/C16H18N2OS/c1-10(19)12-6-5-11(9-14(12)17)18-15-3-2-4-16-13(15)7-8-20-16/h5-9,15,18H,2-4,17H2,1H3. The third kappa shape index (κ3) is 2.43. The first-order valence-corrected chi connectivity index (χ1v) is 7.76. The van der Waals surface area contributed by atoms with Crippen molar-refractivity contribution in [3.63, 3.8) is 0 Å². The number of Topliss-reactive ketones (excluding diaryl/α,β-unsaturated/α-hetero) is 1. The molecule has 0 saturated carbocycles. The van der Waals surface area contributed by atoms with Crippen LogP contribution in [-0.4, -0.2) is 5.78 Å². The number of ketones is 1. The second kappa shape index (κ2) is 5.29. The molecule has 0 spiro atoms. The smallest absolute Gasteiger partial charge is 0.161 e. The van der Waals surface area contributed by atoms with Gasteiger partial charge in [0.05, 0.1) is 6.04 Å². The molecule has 1 aromatic heterocycles. The number of benzene rings is 1. The Morgan fingerprint density at radius 1 is 1.40 bits per heavy atom. The molecule has 0 aliphatic heterocycles. The maximum Gasteiger partial charge on any atom is 0.161 e. The number of hydrogen-bond acceptors (Lipinski definition) is 4. The molecule has 1 unspecified atom stereocenters. The second-order valence-corrected chi connectivity index (χ2v) is 6.25. The number of nitrogens with two attached hydrogens (primary N) is 1. The van der Waals surface area contributed by atoms with Crippen molar-refractivity contribution in [2.75, 3.05) is 11.1 Å². The fourth-order valence-electron chi connectivity index (χ4n) is 2.81. The molecule has 1 heterocycles. The Morgan fingerprint density at radius 2 is 2.25 bits per heavy atom. The predicted molar refractivity (Wildman–Crippen MR) is 84.5 cm³/mol.